The molecule has 0 atom stereocenters. The van der Waals surface area contributed by atoms with Crippen LogP contribution in [0.1, 0.15) is 41.8 Å². The third-order valence-corrected chi connectivity index (χ3v) is 8.47. The Labute approximate surface area is 271 Å². The maximum Gasteiger partial charge on any atom is 0.254 e. The molecule has 1 aliphatic rings. The molecule has 2 amide bonds. The van der Waals surface area contributed by atoms with Gasteiger partial charge in [0, 0.05) is 50.0 Å². The number of carbonyl (C=O) groups excluding carboxylic acids is 2. The number of aromatic nitrogens is 2. The van der Waals surface area contributed by atoms with E-state index in [9.17, 15) is 9.59 Å². The van der Waals surface area contributed by atoms with Gasteiger partial charge >= 0.3 is 0 Å². The van der Waals surface area contributed by atoms with Crippen LogP contribution in [0.5, 0.6) is 0 Å². The summed E-state index contributed by atoms with van der Waals surface area (Å²) in [6, 6.07) is 33.4. The molecular weight excluding hydrogens is 570 g/mol. The number of fused-ring (bicyclic) bond motifs is 2. The number of benzene rings is 3. The van der Waals surface area contributed by atoms with Crippen molar-refractivity contribution in [1.82, 2.24) is 19.8 Å². The first-order valence-corrected chi connectivity index (χ1v) is 16.2. The molecule has 234 valence electrons. The summed E-state index contributed by atoms with van der Waals surface area (Å²) < 4.78 is 0. The van der Waals surface area contributed by atoms with E-state index in [1.807, 2.05) is 113 Å². The number of hydrogen-bond acceptors (Lipinski definition) is 5. The summed E-state index contributed by atoms with van der Waals surface area (Å²) in [7, 11) is 0. The second kappa shape index (κ2) is 14.5. The Hall–Kier alpha value is -4.88. The average molecular weight is 612 g/mol. The van der Waals surface area contributed by atoms with E-state index in [-0.39, 0.29) is 11.8 Å². The van der Waals surface area contributed by atoms with Gasteiger partial charge in [-0.05, 0) is 60.3 Å². The summed E-state index contributed by atoms with van der Waals surface area (Å²) in [5.41, 5.74) is 5.56. The molecule has 46 heavy (non-hydrogen) atoms. The van der Waals surface area contributed by atoms with Crippen molar-refractivity contribution in [3.63, 3.8) is 0 Å². The van der Waals surface area contributed by atoms with Crippen molar-refractivity contribution in [3.05, 3.63) is 126 Å². The molecule has 0 fully saturated rings. The zero-order valence-electron chi connectivity index (χ0n) is 26.7. The smallest absolute Gasteiger partial charge is 0.254 e. The van der Waals surface area contributed by atoms with Gasteiger partial charge in [0.15, 0.2) is 0 Å². The van der Waals surface area contributed by atoms with Gasteiger partial charge in [0.05, 0.1) is 28.9 Å². The number of anilines is 1. The Morgan fingerprint density at radius 1 is 0.783 bits per heavy atom. The Bertz CT molecular complexity index is 1790. The van der Waals surface area contributed by atoms with Gasteiger partial charge in [0.25, 0.3) is 5.91 Å². The van der Waals surface area contributed by atoms with Gasteiger partial charge < -0.3 is 14.7 Å². The lowest BCUT2D eigenvalue weighted by atomic mass is 10.0. The van der Waals surface area contributed by atoms with Gasteiger partial charge in [0.1, 0.15) is 0 Å². The molecule has 0 bridgehead atoms. The maximum absolute atomic E-state index is 14.7. The summed E-state index contributed by atoms with van der Waals surface area (Å²) in [4.78, 5) is 44.3. The molecule has 2 aromatic heterocycles. The monoisotopic (exact) mass is 611 g/mol. The first-order chi connectivity index (χ1) is 22.5. The molecule has 0 unspecified atom stereocenters. The third kappa shape index (κ3) is 7.32. The minimum atomic E-state index is -0.0588. The quantitative estimate of drug-likeness (QED) is 0.210. The van der Waals surface area contributed by atoms with E-state index < -0.39 is 0 Å². The predicted molar refractivity (Wildman–Crippen MR) is 185 cm³/mol. The van der Waals surface area contributed by atoms with Crippen LogP contribution in [-0.4, -0.2) is 64.3 Å². The van der Waals surface area contributed by atoms with Crippen molar-refractivity contribution in [1.29, 1.82) is 0 Å². The van der Waals surface area contributed by atoms with Crippen LogP contribution in [0.2, 0.25) is 0 Å². The van der Waals surface area contributed by atoms with Gasteiger partial charge in [-0.25, -0.2) is 4.98 Å². The Kier molecular flexibility index (Phi) is 9.79. The van der Waals surface area contributed by atoms with Gasteiger partial charge in [-0.15, -0.1) is 0 Å². The van der Waals surface area contributed by atoms with Crippen LogP contribution in [0.25, 0.3) is 22.3 Å². The Balaban J connectivity index is 1.40. The van der Waals surface area contributed by atoms with Crippen LogP contribution >= 0.6 is 0 Å². The number of carbonyl (C=O) groups is 2. The fourth-order valence-electron chi connectivity index (χ4n) is 6.30. The van der Waals surface area contributed by atoms with Crippen LogP contribution < -0.4 is 4.90 Å². The van der Waals surface area contributed by atoms with E-state index in [2.05, 4.69) is 23.7 Å². The molecule has 3 heterocycles. The lowest BCUT2D eigenvalue weighted by Gasteiger charge is -2.29. The number of para-hydroxylation sites is 2. The molecule has 3 aromatic carbocycles. The third-order valence-electron chi connectivity index (χ3n) is 8.47. The van der Waals surface area contributed by atoms with Gasteiger partial charge in [0.2, 0.25) is 5.91 Å². The summed E-state index contributed by atoms with van der Waals surface area (Å²) in [6.45, 7) is 8.54. The van der Waals surface area contributed by atoms with E-state index in [4.69, 9.17) is 4.98 Å². The molecule has 0 saturated carbocycles. The number of nitrogens with zero attached hydrogens (tertiary/aromatic N) is 5. The highest BCUT2D eigenvalue weighted by molar-refractivity contribution is 6.07. The number of hydrogen-bond donors (Lipinski definition) is 0. The van der Waals surface area contributed by atoms with E-state index in [1.165, 1.54) is 0 Å². The van der Waals surface area contributed by atoms with Crippen LogP contribution in [0.4, 0.5) is 5.69 Å². The Morgan fingerprint density at radius 2 is 1.54 bits per heavy atom. The van der Waals surface area contributed by atoms with Crippen molar-refractivity contribution < 1.29 is 9.59 Å². The molecule has 0 spiro atoms. The molecule has 6 rings (SSSR count). The molecule has 7 heteroatoms. The summed E-state index contributed by atoms with van der Waals surface area (Å²) in [5, 5.41) is 0.813. The summed E-state index contributed by atoms with van der Waals surface area (Å²) in [6.07, 6.45) is 2.91. The number of amides is 2. The number of rotatable bonds is 6. The fourth-order valence-corrected chi connectivity index (χ4v) is 6.30. The van der Waals surface area contributed by atoms with Crippen molar-refractivity contribution in [2.75, 3.05) is 37.6 Å². The van der Waals surface area contributed by atoms with Crippen LogP contribution in [0.15, 0.2) is 109 Å². The molecule has 1 aliphatic heterocycles. The zero-order valence-corrected chi connectivity index (χ0v) is 26.7. The van der Waals surface area contributed by atoms with E-state index in [1.54, 1.807) is 6.20 Å². The average Bonchev–Trinajstić information content (AvgIpc) is 3.11. The summed E-state index contributed by atoms with van der Waals surface area (Å²) in [5.74, 6) is 0.482. The number of pyridine rings is 2. The van der Waals surface area contributed by atoms with Gasteiger partial charge in [-0.1, -0.05) is 86.6 Å². The molecule has 0 N–H and O–H groups in total. The van der Waals surface area contributed by atoms with Gasteiger partial charge in [-0.2, -0.15) is 0 Å². The Morgan fingerprint density at radius 3 is 2.35 bits per heavy atom. The predicted octanol–water partition coefficient (Wildman–Crippen LogP) is 6.88. The second-order valence-electron chi connectivity index (χ2n) is 12.4. The minimum Gasteiger partial charge on any atom is -0.333 e. The van der Waals surface area contributed by atoms with Crippen molar-refractivity contribution in [3.8, 4) is 11.4 Å². The summed E-state index contributed by atoms with van der Waals surface area (Å²) >= 11 is 0. The maximum atomic E-state index is 14.7. The highest BCUT2D eigenvalue weighted by atomic mass is 16.2. The van der Waals surface area contributed by atoms with E-state index in [0.29, 0.717) is 43.2 Å². The molecular formula is C39H41N5O2. The lowest BCUT2D eigenvalue weighted by molar-refractivity contribution is -0.118. The van der Waals surface area contributed by atoms with Crippen molar-refractivity contribution in [2.24, 2.45) is 5.92 Å². The molecule has 0 aliphatic carbocycles. The van der Waals surface area contributed by atoms with Crippen LogP contribution in [-0.2, 0) is 17.8 Å². The van der Waals surface area contributed by atoms with Crippen molar-refractivity contribution in [2.45, 2.75) is 33.2 Å². The topological polar surface area (TPSA) is 69.6 Å². The van der Waals surface area contributed by atoms with E-state index in [0.717, 1.165) is 59.5 Å². The zero-order chi connectivity index (χ0) is 31.9. The first-order valence-electron chi connectivity index (χ1n) is 16.2. The fraction of sp³-hybridized carbons (Fsp3) is 0.282. The molecule has 0 radical (unpaired) electrons. The first kappa shape index (κ1) is 31.1. The lowest BCUT2D eigenvalue weighted by Crippen LogP contribution is -2.40. The normalized spacial score (nSPS) is 14.6. The van der Waals surface area contributed by atoms with E-state index >= 15 is 0 Å². The highest BCUT2D eigenvalue weighted by Crippen LogP contribution is 2.28. The largest absolute Gasteiger partial charge is 0.333 e. The minimum absolute atomic E-state index is 0.0588. The highest BCUT2D eigenvalue weighted by Gasteiger charge is 2.26. The standard InChI is InChI=1S/C39H41N5O2/c1-29(2)27-42-21-12-22-44(38(45)25-30-13-4-3-5-14-30)37-19-9-6-15-31(37)28-43(24-23-42)39(46)33-26-36(35-18-10-11-20-40-35)41-34-17-8-7-16-32(33)34/h3-11,13-20,26,29H,12,21-25,27-28H2,1-2H3. The SMILES string of the molecule is CC(C)CN1CCCN(C(=O)Cc2ccccc2)c2ccccc2CN(C(=O)c2cc(-c3ccccn3)nc3ccccc23)CC1. The van der Waals surface area contributed by atoms with Crippen molar-refractivity contribution >= 4 is 28.4 Å². The molecule has 0 saturated heterocycles. The second-order valence-corrected chi connectivity index (χ2v) is 12.4. The van der Waals surface area contributed by atoms with Crippen LogP contribution in [0, 0.1) is 5.92 Å². The van der Waals surface area contributed by atoms with Crippen LogP contribution in [0.3, 0.4) is 0 Å². The van der Waals surface area contributed by atoms with Gasteiger partial charge in [-0.3, -0.25) is 14.6 Å². The molecule has 5 aromatic rings. The molecule has 7 nitrogen and oxygen atoms in total.